The number of ether oxygens (including phenoxy) is 1. The number of urea groups is 1. The number of nitrogens with zero attached hydrogens (tertiary/aromatic N) is 3. The van der Waals surface area contributed by atoms with Crippen LogP contribution < -0.4 is 5.32 Å². The Morgan fingerprint density at radius 2 is 1.92 bits per heavy atom. The number of hydrogen-bond acceptors (Lipinski definition) is 5. The standard InChI is InChI=1S/C24H27F3N4O5/c1-3-36-22(34)14-7-6-10-30(11-14)18(32)13-31-12-17-19(21(31)33)20(28-23(35)29(17)2)15-8-4-5-9-16(15)24(25,26)27/h4-5,8-9,14,20H,3,6-7,10-13H2,1-2H3,(H,28,35)/t14-,20+/m1/s1. The first-order valence-electron chi connectivity index (χ1n) is 11.7. The highest BCUT2D eigenvalue weighted by Gasteiger charge is 2.46. The van der Waals surface area contributed by atoms with Gasteiger partial charge in [0.15, 0.2) is 0 Å². The topological polar surface area (TPSA) is 99.3 Å². The maximum atomic E-state index is 13.7. The third kappa shape index (κ3) is 4.76. The van der Waals surface area contributed by atoms with Crippen LogP contribution in [0.4, 0.5) is 18.0 Å². The number of nitrogens with one attached hydrogen (secondary N) is 1. The number of likely N-dealkylation sites (tertiary alicyclic amines) is 1. The average Bonchev–Trinajstić information content (AvgIpc) is 3.17. The predicted molar refractivity (Wildman–Crippen MR) is 120 cm³/mol. The Bertz CT molecular complexity index is 1120. The summed E-state index contributed by atoms with van der Waals surface area (Å²) in [7, 11) is 1.42. The molecule has 0 unspecified atom stereocenters. The van der Waals surface area contributed by atoms with Crippen LogP contribution in [0.3, 0.4) is 0 Å². The van der Waals surface area contributed by atoms with Gasteiger partial charge in [0.25, 0.3) is 5.91 Å². The molecule has 0 radical (unpaired) electrons. The summed E-state index contributed by atoms with van der Waals surface area (Å²) in [6.07, 6.45) is -3.48. The number of rotatable bonds is 5. The molecule has 0 aliphatic carbocycles. The lowest BCUT2D eigenvalue weighted by Gasteiger charge is -2.32. The zero-order chi connectivity index (χ0) is 26.2. The summed E-state index contributed by atoms with van der Waals surface area (Å²) in [6.45, 7) is 2.12. The van der Waals surface area contributed by atoms with E-state index < -0.39 is 35.6 Å². The minimum absolute atomic E-state index is 0.00430. The number of piperidine rings is 1. The fourth-order valence-corrected chi connectivity index (χ4v) is 4.91. The Hall–Kier alpha value is -3.57. The van der Waals surface area contributed by atoms with Crippen LogP contribution >= 0.6 is 0 Å². The second-order valence-corrected chi connectivity index (χ2v) is 8.98. The molecule has 1 fully saturated rings. The van der Waals surface area contributed by atoms with Crippen molar-refractivity contribution < 1.29 is 37.1 Å². The number of alkyl halides is 3. The average molecular weight is 508 g/mol. The first-order chi connectivity index (χ1) is 17.0. The van der Waals surface area contributed by atoms with Crippen LogP contribution in [0.15, 0.2) is 35.5 Å². The summed E-state index contributed by atoms with van der Waals surface area (Å²) in [5.74, 6) is -1.82. The Labute approximate surface area is 205 Å². The first-order valence-corrected chi connectivity index (χ1v) is 11.7. The van der Waals surface area contributed by atoms with E-state index in [4.69, 9.17) is 4.74 Å². The molecule has 2 atom stereocenters. The van der Waals surface area contributed by atoms with Gasteiger partial charge in [0.1, 0.15) is 6.54 Å². The fourth-order valence-electron chi connectivity index (χ4n) is 4.91. The smallest absolute Gasteiger partial charge is 0.416 e. The molecule has 4 rings (SSSR count). The van der Waals surface area contributed by atoms with E-state index in [-0.39, 0.29) is 55.0 Å². The summed E-state index contributed by atoms with van der Waals surface area (Å²) in [5, 5.41) is 2.50. The second kappa shape index (κ2) is 9.82. The number of hydrogen-bond donors (Lipinski definition) is 1. The van der Waals surface area contributed by atoms with Gasteiger partial charge in [0.05, 0.1) is 41.9 Å². The third-order valence-electron chi connectivity index (χ3n) is 6.73. The number of amides is 4. The van der Waals surface area contributed by atoms with E-state index in [1.807, 2.05) is 0 Å². The zero-order valence-electron chi connectivity index (χ0n) is 19.9. The normalized spacial score (nSPS) is 22.5. The molecule has 3 aliphatic heterocycles. The maximum Gasteiger partial charge on any atom is 0.416 e. The van der Waals surface area contributed by atoms with E-state index in [1.165, 1.54) is 39.9 Å². The molecule has 4 amide bonds. The lowest BCUT2D eigenvalue weighted by atomic mass is 9.92. The van der Waals surface area contributed by atoms with Crippen molar-refractivity contribution in [1.82, 2.24) is 20.0 Å². The number of benzene rings is 1. The zero-order valence-corrected chi connectivity index (χ0v) is 19.9. The summed E-state index contributed by atoms with van der Waals surface area (Å²) >= 11 is 0. The minimum atomic E-state index is -4.69. The highest BCUT2D eigenvalue weighted by Crippen LogP contribution is 2.41. The van der Waals surface area contributed by atoms with Crippen molar-refractivity contribution in [2.75, 3.05) is 39.8 Å². The van der Waals surface area contributed by atoms with Crippen molar-refractivity contribution >= 4 is 23.8 Å². The number of likely N-dealkylation sites (N-methyl/N-ethyl adjacent to an activating group) is 1. The predicted octanol–water partition coefficient (Wildman–Crippen LogP) is 2.30. The van der Waals surface area contributed by atoms with Crippen LogP contribution in [-0.4, -0.2) is 78.3 Å². The molecule has 1 N–H and O–H groups in total. The molecular weight excluding hydrogens is 481 g/mol. The van der Waals surface area contributed by atoms with Gasteiger partial charge >= 0.3 is 18.2 Å². The Morgan fingerprint density at radius 1 is 1.19 bits per heavy atom. The van der Waals surface area contributed by atoms with Crippen LogP contribution in [0.5, 0.6) is 0 Å². The van der Waals surface area contributed by atoms with Gasteiger partial charge in [-0.05, 0) is 31.4 Å². The number of halogens is 3. The Morgan fingerprint density at radius 3 is 2.61 bits per heavy atom. The van der Waals surface area contributed by atoms with E-state index in [0.717, 1.165) is 6.07 Å². The molecule has 0 aromatic heterocycles. The molecule has 36 heavy (non-hydrogen) atoms. The Kier molecular flexibility index (Phi) is 6.96. The molecular formula is C24H27F3N4O5. The van der Waals surface area contributed by atoms with Crippen LogP contribution in [0, 0.1) is 5.92 Å². The largest absolute Gasteiger partial charge is 0.466 e. The molecule has 0 bridgehead atoms. The SMILES string of the molecule is CCOC(=O)[C@@H]1CCCN(C(=O)CN2CC3=C(C2=O)[C@H](c2ccccc2C(F)(F)F)NC(=O)N3C)C1. The van der Waals surface area contributed by atoms with Crippen molar-refractivity contribution in [3.05, 3.63) is 46.7 Å². The van der Waals surface area contributed by atoms with Crippen LogP contribution in [0.2, 0.25) is 0 Å². The van der Waals surface area contributed by atoms with E-state index in [9.17, 15) is 32.3 Å². The molecule has 1 saturated heterocycles. The summed E-state index contributed by atoms with van der Waals surface area (Å²) in [4.78, 5) is 55.0. The number of carbonyl (C=O) groups is 4. The molecule has 1 aromatic carbocycles. The van der Waals surface area contributed by atoms with Crippen molar-refractivity contribution in [3.8, 4) is 0 Å². The van der Waals surface area contributed by atoms with E-state index in [2.05, 4.69) is 5.32 Å². The molecule has 3 heterocycles. The molecule has 0 saturated carbocycles. The first kappa shape index (κ1) is 25.5. The van der Waals surface area contributed by atoms with Gasteiger partial charge in [-0.1, -0.05) is 18.2 Å². The van der Waals surface area contributed by atoms with Gasteiger partial charge in [-0.3, -0.25) is 19.3 Å². The van der Waals surface area contributed by atoms with Gasteiger partial charge in [0, 0.05) is 20.1 Å². The van der Waals surface area contributed by atoms with Crippen molar-refractivity contribution in [1.29, 1.82) is 0 Å². The van der Waals surface area contributed by atoms with Crippen LogP contribution in [0.1, 0.15) is 36.9 Å². The van der Waals surface area contributed by atoms with Crippen molar-refractivity contribution in [2.24, 2.45) is 5.92 Å². The maximum absolute atomic E-state index is 13.7. The van der Waals surface area contributed by atoms with E-state index in [0.29, 0.717) is 19.4 Å². The number of carbonyl (C=O) groups excluding carboxylic acids is 4. The molecule has 1 aromatic rings. The summed E-state index contributed by atoms with van der Waals surface area (Å²) in [5.41, 5.74) is -0.938. The quantitative estimate of drug-likeness (QED) is 0.616. The van der Waals surface area contributed by atoms with Crippen LogP contribution in [0.25, 0.3) is 0 Å². The van der Waals surface area contributed by atoms with E-state index >= 15 is 0 Å². The molecule has 12 heteroatoms. The minimum Gasteiger partial charge on any atom is -0.466 e. The third-order valence-corrected chi connectivity index (χ3v) is 6.73. The van der Waals surface area contributed by atoms with Crippen molar-refractivity contribution in [3.63, 3.8) is 0 Å². The van der Waals surface area contributed by atoms with Gasteiger partial charge in [-0.25, -0.2) is 4.79 Å². The van der Waals surface area contributed by atoms with E-state index in [1.54, 1.807) is 6.92 Å². The highest BCUT2D eigenvalue weighted by molar-refractivity contribution is 6.03. The molecule has 3 aliphatic rings. The van der Waals surface area contributed by atoms with Crippen molar-refractivity contribution in [2.45, 2.75) is 32.0 Å². The molecule has 0 spiro atoms. The number of esters is 1. The van der Waals surface area contributed by atoms with Gasteiger partial charge in [-0.15, -0.1) is 0 Å². The molecule has 194 valence electrons. The fraction of sp³-hybridized carbons (Fsp3) is 0.500. The lowest BCUT2D eigenvalue weighted by molar-refractivity contribution is -0.152. The monoisotopic (exact) mass is 508 g/mol. The summed E-state index contributed by atoms with van der Waals surface area (Å²) < 4.78 is 46.1. The van der Waals surface area contributed by atoms with Gasteiger partial charge in [0.2, 0.25) is 5.91 Å². The van der Waals surface area contributed by atoms with Crippen LogP contribution in [-0.2, 0) is 25.3 Å². The Balaban J connectivity index is 1.55. The highest BCUT2D eigenvalue weighted by atomic mass is 19.4. The van der Waals surface area contributed by atoms with Gasteiger partial charge < -0.3 is 19.9 Å². The second-order valence-electron chi connectivity index (χ2n) is 8.98. The lowest BCUT2D eigenvalue weighted by Crippen LogP contribution is -2.47. The summed E-state index contributed by atoms with van der Waals surface area (Å²) in [6, 6.07) is 2.82. The van der Waals surface area contributed by atoms with Gasteiger partial charge in [-0.2, -0.15) is 13.2 Å². The molecule has 9 nitrogen and oxygen atoms in total.